The van der Waals surface area contributed by atoms with Crippen molar-refractivity contribution in [3.05, 3.63) is 12.2 Å². The quantitative estimate of drug-likeness (QED) is 0.538. The summed E-state index contributed by atoms with van der Waals surface area (Å²) in [5.41, 5.74) is 7.09. The lowest BCUT2D eigenvalue weighted by molar-refractivity contribution is 0.0461. The van der Waals surface area contributed by atoms with Crippen LogP contribution in [0.15, 0.2) is 12.2 Å². The second-order valence-corrected chi connectivity index (χ2v) is 4.11. The van der Waals surface area contributed by atoms with Crippen LogP contribution in [-0.4, -0.2) is 18.8 Å². The third-order valence-electron chi connectivity index (χ3n) is 2.55. The van der Waals surface area contributed by atoms with Gasteiger partial charge in [0, 0.05) is 6.04 Å². The molecule has 0 amide bonds. The van der Waals surface area contributed by atoms with Crippen LogP contribution in [-0.2, 0) is 4.74 Å². The van der Waals surface area contributed by atoms with Gasteiger partial charge < -0.3 is 10.5 Å². The Morgan fingerprint density at radius 2 is 2.08 bits per heavy atom. The van der Waals surface area contributed by atoms with Gasteiger partial charge in [-0.25, -0.2) is 0 Å². The van der Waals surface area contributed by atoms with Crippen LogP contribution in [0, 0.1) is 0 Å². The smallest absolute Gasteiger partial charge is 0.0730 e. The molecule has 0 heterocycles. The molecule has 1 aliphatic rings. The minimum Gasteiger partial charge on any atom is -0.372 e. The Hall–Kier alpha value is -0.340. The number of rotatable bonds is 3. The molecule has 0 aromatic carbocycles. The molecule has 2 heteroatoms. The lowest BCUT2D eigenvalue weighted by atomic mass is 10.1. The SMILES string of the molecule is C=C(C)COC1CCCCCC1N. The van der Waals surface area contributed by atoms with Gasteiger partial charge in [-0.1, -0.05) is 31.4 Å². The number of hydrogen-bond donors (Lipinski definition) is 1. The summed E-state index contributed by atoms with van der Waals surface area (Å²) < 4.78 is 5.71. The van der Waals surface area contributed by atoms with Gasteiger partial charge in [-0.2, -0.15) is 0 Å². The summed E-state index contributed by atoms with van der Waals surface area (Å²) >= 11 is 0. The molecule has 0 bridgehead atoms. The van der Waals surface area contributed by atoms with Crippen molar-refractivity contribution in [2.75, 3.05) is 6.61 Å². The summed E-state index contributed by atoms with van der Waals surface area (Å²) in [7, 11) is 0. The van der Waals surface area contributed by atoms with E-state index in [1.165, 1.54) is 19.3 Å². The van der Waals surface area contributed by atoms with Gasteiger partial charge in [0.1, 0.15) is 0 Å². The first-order valence-corrected chi connectivity index (χ1v) is 5.21. The highest BCUT2D eigenvalue weighted by atomic mass is 16.5. The third-order valence-corrected chi connectivity index (χ3v) is 2.55. The van der Waals surface area contributed by atoms with Crippen molar-refractivity contribution in [3.8, 4) is 0 Å². The van der Waals surface area contributed by atoms with Crippen LogP contribution in [0.2, 0.25) is 0 Å². The molecule has 1 aliphatic carbocycles. The average molecular weight is 183 g/mol. The highest BCUT2D eigenvalue weighted by Crippen LogP contribution is 2.19. The van der Waals surface area contributed by atoms with Crippen LogP contribution in [0.4, 0.5) is 0 Å². The number of hydrogen-bond acceptors (Lipinski definition) is 2. The molecule has 0 radical (unpaired) electrons. The van der Waals surface area contributed by atoms with E-state index in [1.54, 1.807) is 0 Å². The number of nitrogens with two attached hydrogens (primary N) is 1. The van der Waals surface area contributed by atoms with E-state index in [1.807, 2.05) is 6.92 Å². The fourth-order valence-electron chi connectivity index (χ4n) is 1.76. The molecule has 2 atom stereocenters. The van der Waals surface area contributed by atoms with Crippen LogP contribution in [0.25, 0.3) is 0 Å². The van der Waals surface area contributed by atoms with E-state index in [2.05, 4.69) is 6.58 Å². The molecule has 0 saturated heterocycles. The van der Waals surface area contributed by atoms with Gasteiger partial charge in [-0.3, -0.25) is 0 Å². The van der Waals surface area contributed by atoms with E-state index in [9.17, 15) is 0 Å². The predicted octanol–water partition coefficient (Wildman–Crippen LogP) is 2.24. The average Bonchev–Trinajstić information content (AvgIpc) is 2.27. The van der Waals surface area contributed by atoms with Gasteiger partial charge in [0.15, 0.2) is 0 Å². The Balaban J connectivity index is 2.31. The molecule has 0 aliphatic heterocycles. The molecule has 2 N–H and O–H groups in total. The van der Waals surface area contributed by atoms with Crippen LogP contribution < -0.4 is 5.73 Å². The van der Waals surface area contributed by atoms with Crippen molar-refractivity contribution in [2.45, 2.75) is 51.2 Å². The van der Waals surface area contributed by atoms with E-state index in [0.717, 1.165) is 18.4 Å². The molecule has 0 aromatic rings. The van der Waals surface area contributed by atoms with Crippen molar-refractivity contribution >= 4 is 0 Å². The summed E-state index contributed by atoms with van der Waals surface area (Å²) in [6.07, 6.45) is 6.32. The van der Waals surface area contributed by atoms with E-state index in [0.29, 0.717) is 6.61 Å². The summed E-state index contributed by atoms with van der Waals surface area (Å²) in [6, 6.07) is 0.238. The minimum atomic E-state index is 0.238. The molecular weight excluding hydrogens is 162 g/mol. The Labute approximate surface area is 81.1 Å². The molecule has 76 valence electrons. The Morgan fingerprint density at radius 1 is 1.38 bits per heavy atom. The zero-order chi connectivity index (χ0) is 9.68. The molecule has 0 aromatic heterocycles. The highest BCUT2D eigenvalue weighted by molar-refractivity contribution is 4.89. The normalized spacial score (nSPS) is 29.7. The van der Waals surface area contributed by atoms with Crippen LogP contribution >= 0.6 is 0 Å². The fourth-order valence-corrected chi connectivity index (χ4v) is 1.76. The maximum absolute atomic E-state index is 6.01. The van der Waals surface area contributed by atoms with Crippen LogP contribution in [0.5, 0.6) is 0 Å². The first-order valence-electron chi connectivity index (χ1n) is 5.21. The van der Waals surface area contributed by atoms with E-state index in [-0.39, 0.29) is 12.1 Å². The van der Waals surface area contributed by atoms with Crippen molar-refractivity contribution < 1.29 is 4.74 Å². The second kappa shape index (κ2) is 5.40. The van der Waals surface area contributed by atoms with E-state index in [4.69, 9.17) is 10.5 Å². The summed E-state index contributed by atoms with van der Waals surface area (Å²) in [4.78, 5) is 0. The predicted molar refractivity (Wildman–Crippen MR) is 55.6 cm³/mol. The van der Waals surface area contributed by atoms with Gasteiger partial charge in [0.25, 0.3) is 0 Å². The molecule has 1 rings (SSSR count). The Bertz CT molecular complexity index is 167. The van der Waals surface area contributed by atoms with Gasteiger partial charge in [0.05, 0.1) is 12.7 Å². The second-order valence-electron chi connectivity index (χ2n) is 4.11. The van der Waals surface area contributed by atoms with Gasteiger partial charge in [-0.15, -0.1) is 0 Å². The fraction of sp³-hybridized carbons (Fsp3) is 0.818. The molecule has 2 nitrogen and oxygen atoms in total. The maximum atomic E-state index is 6.01. The molecule has 2 unspecified atom stereocenters. The zero-order valence-corrected chi connectivity index (χ0v) is 8.59. The zero-order valence-electron chi connectivity index (χ0n) is 8.59. The Kier molecular flexibility index (Phi) is 4.46. The molecule has 1 saturated carbocycles. The van der Waals surface area contributed by atoms with Crippen molar-refractivity contribution in [1.29, 1.82) is 0 Å². The van der Waals surface area contributed by atoms with Crippen LogP contribution in [0.1, 0.15) is 39.0 Å². The molecular formula is C11H21NO. The first kappa shape index (κ1) is 10.7. The summed E-state index contributed by atoms with van der Waals surface area (Å²) in [5, 5.41) is 0. The van der Waals surface area contributed by atoms with Gasteiger partial charge in [0.2, 0.25) is 0 Å². The van der Waals surface area contributed by atoms with Crippen molar-refractivity contribution in [3.63, 3.8) is 0 Å². The molecule has 1 fully saturated rings. The van der Waals surface area contributed by atoms with E-state index < -0.39 is 0 Å². The Morgan fingerprint density at radius 3 is 2.77 bits per heavy atom. The third kappa shape index (κ3) is 3.92. The first-order chi connectivity index (χ1) is 6.20. The highest BCUT2D eigenvalue weighted by Gasteiger charge is 2.20. The van der Waals surface area contributed by atoms with Gasteiger partial charge >= 0.3 is 0 Å². The lowest BCUT2D eigenvalue weighted by Crippen LogP contribution is -2.36. The summed E-state index contributed by atoms with van der Waals surface area (Å²) in [6.45, 7) is 6.48. The van der Waals surface area contributed by atoms with Gasteiger partial charge in [-0.05, 0) is 19.8 Å². The number of ether oxygens (including phenoxy) is 1. The topological polar surface area (TPSA) is 35.2 Å². The summed E-state index contributed by atoms with van der Waals surface area (Å²) in [5.74, 6) is 0. The van der Waals surface area contributed by atoms with Crippen LogP contribution in [0.3, 0.4) is 0 Å². The lowest BCUT2D eigenvalue weighted by Gasteiger charge is -2.21. The van der Waals surface area contributed by atoms with Crippen molar-refractivity contribution in [1.82, 2.24) is 0 Å². The largest absolute Gasteiger partial charge is 0.372 e. The van der Waals surface area contributed by atoms with E-state index >= 15 is 0 Å². The minimum absolute atomic E-state index is 0.238. The monoisotopic (exact) mass is 183 g/mol. The van der Waals surface area contributed by atoms with Crippen molar-refractivity contribution in [2.24, 2.45) is 5.73 Å². The molecule has 13 heavy (non-hydrogen) atoms. The maximum Gasteiger partial charge on any atom is 0.0730 e. The standard InChI is InChI=1S/C11H21NO/c1-9(2)8-13-11-7-5-3-4-6-10(11)12/h10-11H,1,3-8,12H2,2H3. The molecule has 0 spiro atoms.